The van der Waals surface area contributed by atoms with Crippen LogP contribution in [0.15, 0.2) is 0 Å². The van der Waals surface area contributed by atoms with Crippen LogP contribution in [0.3, 0.4) is 0 Å². The van der Waals surface area contributed by atoms with E-state index in [0.717, 1.165) is 5.82 Å². The lowest BCUT2D eigenvalue weighted by Crippen LogP contribution is -2.37. The Morgan fingerprint density at radius 3 is 2.86 bits per heavy atom. The van der Waals surface area contributed by atoms with E-state index >= 15 is 0 Å². The molecule has 2 aromatic rings. The van der Waals surface area contributed by atoms with Crippen molar-refractivity contribution in [1.29, 1.82) is 0 Å². The molecule has 2 aromatic heterocycles. The van der Waals surface area contributed by atoms with Crippen LogP contribution >= 0.6 is 11.3 Å². The zero-order valence-electron chi connectivity index (χ0n) is 7.93. The Morgan fingerprint density at radius 2 is 2.29 bits per heavy atom. The molecule has 3 N–H and O–H groups in total. The van der Waals surface area contributed by atoms with Gasteiger partial charge in [-0.1, -0.05) is 11.3 Å². The van der Waals surface area contributed by atoms with Gasteiger partial charge in [0.2, 0.25) is 4.96 Å². The fraction of sp³-hybridized carbons (Fsp3) is 0.571. The number of nitrogens with zero attached hydrogens (tertiary/aromatic N) is 4. The number of aliphatic hydroxyl groups excluding tert-OH is 1. The second kappa shape index (κ2) is 2.97. The molecule has 0 aliphatic rings. The standard InChI is InChI=1S/C7H11N5OS/c1-4-9-10-6-12(4)11-5(14-6)7(2,8)3-13/h13H,3,8H2,1-2H3. The summed E-state index contributed by atoms with van der Waals surface area (Å²) in [4.78, 5) is 0.697. The lowest BCUT2D eigenvalue weighted by atomic mass is 10.1. The van der Waals surface area contributed by atoms with E-state index in [-0.39, 0.29) is 6.61 Å². The van der Waals surface area contributed by atoms with Crippen LogP contribution in [-0.2, 0) is 5.54 Å². The van der Waals surface area contributed by atoms with Crippen molar-refractivity contribution in [3.63, 3.8) is 0 Å². The van der Waals surface area contributed by atoms with E-state index in [1.54, 1.807) is 11.4 Å². The largest absolute Gasteiger partial charge is 0.394 e. The van der Waals surface area contributed by atoms with Crippen LogP contribution in [-0.4, -0.2) is 31.5 Å². The minimum atomic E-state index is -0.808. The topological polar surface area (TPSA) is 89.3 Å². The molecule has 1 unspecified atom stereocenters. The Kier molecular flexibility index (Phi) is 2.02. The Balaban J connectivity index is 2.55. The van der Waals surface area contributed by atoms with E-state index in [1.807, 2.05) is 6.92 Å². The van der Waals surface area contributed by atoms with Crippen molar-refractivity contribution in [2.75, 3.05) is 6.61 Å². The molecule has 14 heavy (non-hydrogen) atoms. The Hall–Kier alpha value is -1.05. The lowest BCUT2D eigenvalue weighted by molar-refractivity contribution is 0.209. The molecule has 0 spiro atoms. The molecule has 0 radical (unpaired) electrons. The summed E-state index contributed by atoms with van der Waals surface area (Å²) < 4.78 is 1.63. The molecule has 1 atom stereocenters. The summed E-state index contributed by atoms with van der Waals surface area (Å²) in [5.41, 5.74) is 5.04. The Bertz CT molecular complexity index is 460. The molecule has 0 aromatic carbocycles. The first-order valence-electron chi connectivity index (χ1n) is 4.13. The number of nitrogens with two attached hydrogens (primary N) is 1. The highest BCUT2D eigenvalue weighted by molar-refractivity contribution is 7.16. The number of rotatable bonds is 2. The van der Waals surface area contributed by atoms with Crippen LogP contribution < -0.4 is 5.73 Å². The molecule has 0 aliphatic carbocycles. The first-order chi connectivity index (χ1) is 6.54. The van der Waals surface area contributed by atoms with Gasteiger partial charge in [0.25, 0.3) is 0 Å². The second-order valence-corrected chi connectivity index (χ2v) is 4.38. The monoisotopic (exact) mass is 213 g/mol. The molecular formula is C7H11N5OS. The third-order valence-corrected chi connectivity index (χ3v) is 3.14. The molecule has 0 bridgehead atoms. The lowest BCUT2D eigenvalue weighted by Gasteiger charge is -2.16. The van der Waals surface area contributed by atoms with Gasteiger partial charge >= 0.3 is 0 Å². The Labute approximate surface area is 84.4 Å². The van der Waals surface area contributed by atoms with Crippen LogP contribution in [0.1, 0.15) is 17.8 Å². The molecule has 0 fully saturated rings. The van der Waals surface area contributed by atoms with E-state index < -0.39 is 5.54 Å². The molecule has 0 saturated heterocycles. The van der Waals surface area contributed by atoms with E-state index in [9.17, 15) is 0 Å². The van der Waals surface area contributed by atoms with Crippen LogP contribution in [0.2, 0.25) is 0 Å². The molecular weight excluding hydrogens is 202 g/mol. The molecule has 0 amide bonds. The highest BCUT2D eigenvalue weighted by atomic mass is 32.1. The fourth-order valence-electron chi connectivity index (χ4n) is 1.01. The van der Waals surface area contributed by atoms with Crippen LogP contribution in [0, 0.1) is 6.92 Å². The van der Waals surface area contributed by atoms with Crippen molar-refractivity contribution < 1.29 is 5.11 Å². The second-order valence-electron chi connectivity index (χ2n) is 3.42. The van der Waals surface area contributed by atoms with Crippen LogP contribution in [0.4, 0.5) is 0 Å². The first kappa shape index (κ1) is 9.50. The number of hydrogen-bond donors (Lipinski definition) is 2. The maximum absolute atomic E-state index is 9.08. The fourth-order valence-corrected chi connectivity index (χ4v) is 1.95. The van der Waals surface area contributed by atoms with Crippen molar-refractivity contribution in [1.82, 2.24) is 19.8 Å². The van der Waals surface area contributed by atoms with Crippen molar-refractivity contribution in [2.24, 2.45) is 5.73 Å². The van der Waals surface area contributed by atoms with Crippen molar-refractivity contribution in [3.8, 4) is 0 Å². The summed E-state index contributed by atoms with van der Waals surface area (Å²) in [5.74, 6) is 0.719. The van der Waals surface area contributed by atoms with Crippen LogP contribution in [0.25, 0.3) is 4.96 Å². The summed E-state index contributed by atoms with van der Waals surface area (Å²) in [6.45, 7) is 3.40. The van der Waals surface area contributed by atoms with Gasteiger partial charge in [0.05, 0.1) is 12.1 Å². The van der Waals surface area contributed by atoms with Gasteiger partial charge in [-0.3, -0.25) is 0 Å². The summed E-state index contributed by atoms with van der Waals surface area (Å²) >= 11 is 1.34. The number of hydrogen-bond acceptors (Lipinski definition) is 6. The molecule has 7 heteroatoms. The highest BCUT2D eigenvalue weighted by Crippen LogP contribution is 2.22. The van der Waals surface area contributed by atoms with Gasteiger partial charge in [-0.05, 0) is 13.8 Å². The number of aryl methyl sites for hydroxylation is 1. The zero-order valence-corrected chi connectivity index (χ0v) is 8.75. The van der Waals surface area contributed by atoms with Crippen molar-refractivity contribution in [2.45, 2.75) is 19.4 Å². The van der Waals surface area contributed by atoms with Gasteiger partial charge in [-0.25, -0.2) is 0 Å². The van der Waals surface area contributed by atoms with E-state index in [4.69, 9.17) is 10.8 Å². The van der Waals surface area contributed by atoms with E-state index in [2.05, 4.69) is 15.3 Å². The number of aliphatic hydroxyl groups is 1. The normalized spacial score (nSPS) is 16.0. The molecule has 6 nitrogen and oxygen atoms in total. The maximum Gasteiger partial charge on any atom is 0.234 e. The smallest absolute Gasteiger partial charge is 0.234 e. The van der Waals surface area contributed by atoms with Gasteiger partial charge in [0, 0.05) is 0 Å². The summed E-state index contributed by atoms with van der Waals surface area (Å²) in [5, 5.41) is 21.8. The molecule has 0 aliphatic heterocycles. The van der Waals surface area contributed by atoms with Gasteiger partial charge in [-0.2, -0.15) is 9.61 Å². The van der Waals surface area contributed by atoms with Gasteiger partial charge in [0.1, 0.15) is 5.01 Å². The summed E-state index contributed by atoms with van der Waals surface area (Å²) in [6, 6.07) is 0. The predicted octanol–water partition coefficient (Wildman–Crippen LogP) is -0.340. The molecule has 76 valence electrons. The minimum Gasteiger partial charge on any atom is -0.394 e. The predicted molar refractivity (Wildman–Crippen MR) is 52.0 cm³/mol. The van der Waals surface area contributed by atoms with E-state index in [1.165, 1.54) is 11.3 Å². The van der Waals surface area contributed by atoms with Gasteiger partial charge in [-0.15, -0.1) is 10.2 Å². The van der Waals surface area contributed by atoms with E-state index in [0.29, 0.717) is 9.97 Å². The molecule has 2 heterocycles. The quantitative estimate of drug-likeness (QED) is 0.712. The van der Waals surface area contributed by atoms with Gasteiger partial charge < -0.3 is 10.8 Å². The molecule has 0 saturated carbocycles. The average Bonchev–Trinajstić information content (AvgIpc) is 2.69. The molecule has 2 rings (SSSR count). The third-order valence-electron chi connectivity index (χ3n) is 1.96. The minimum absolute atomic E-state index is 0.143. The summed E-state index contributed by atoms with van der Waals surface area (Å²) in [6.07, 6.45) is 0. The van der Waals surface area contributed by atoms with Gasteiger partial charge in [0.15, 0.2) is 5.82 Å². The SMILES string of the molecule is Cc1nnc2sc(C(C)(N)CO)nn12. The number of aromatic nitrogens is 4. The van der Waals surface area contributed by atoms with Crippen LogP contribution in [0.5, 0.6) is 0 Å². The van der Waals surface area contributed by atoms with Crippen molar-refractivity contribution in [3.05, 3.63) is 10.8 Å². The summed E-state index contributed by atoms with van der Waals surface area (Å²) in [7, 11) is 0. The third kappa shape index (κ3) is 1.29. The number of fused-ring (bicyclic) bond motifs is 1. The highest BCUT2D eigenvalue weighted by Gasteiger charge is 2.25. The zero-order chi connectivity index (χ0) is 10.3. The first-order valence-corrected chi connectivity index (χ1v) is 4.95. The average molecular weight is 213 g/mol. The Morgan fingerprint density at radius 1 is 1.57 bits per heavy atom. The maximum atomic E-state index is 9.08. The van der Waals surface area contributed by atoms with Crippen molar-refractivity contribution >= 4 is 16.3 Å².